The van der Waals surface area contributed by atoms with Gasteiger partial charge in [0.15, 0.2) is 5.69 Å². The topological polar surface area (TPSA) is 79.7 Å². The number of hydrogen-bond acceptors (Lipinski definition) is 6. The van der Waals surface area contributed by atoms with E-state index in [0.29, 0.717) is 30.1 Å². The SMILES string of the molecule is CCOC(=O)c1csc(-c2cc(C#C[C@]3(O)CCN(C)C3=O)ccc2C)n1. The number of benzene rings is 1. The minimum atomic E-state index is -1.63. The van der Waals surface area contributed by atoms with Crippen molar-refractivity contribution < 1.29 is 19.4 Å². The number of amides is 1. The van der Waals surface area contributed by atoms with Crippen molar-refractivity contribution in [2.24, 2.45) is 0 Å². The molecule has 3 rings (SSSR count). The van der Waals surface area contributed by atoms with Crippen molar-refractivity contribution in [1.82, 2.24) is 9.88 Å². The number of thiazole rings is 1. The average Bonchev–Trinajstić information content (AvgIpc) is 3.23. The number of aromatic nitrogens is 1. The van der Waals surface area contributed by atoms with Crippen LogP contribution in [0.3, 0.4) is 0 Å². The van der Waals surface area contributed by atoms with E-state index >= 15 is 0 Å². The van der Waals surface area contributed by atoms with Crippen LogP contribution in [0.5, 0.6) is 0 Å². The van der Waals surface area contributed by atoms with Crippen LogP contribution in [0.15, 0.2) is 23.6 Å². The molecule has 0 aliphatic carbocycles. The minimum Gasteiger partial charge on any atom is -0.461 e. The van der Waals surface area contributed by atoms with E-state index in [-0.39, 0.29) is 11.6 Å². The number of likely N-dealkylation sites (N-methyl/N-ethyl adjacent to an activating group) is 1. The molecule has 7 heteroatoms. The first-order valence-electron chi connectivity index (χ1n) is 8.59. The fraction of sp³-hybridized carbons (Fsp3) is 0.350. The van der Waals surface area contributed by atoms with Gasteiger partial charge < -0.3 is 14.7 Å². The smallest absolute Gasteiger partial charge is 0.357 e. The monoisotopic (exact) mass is 384 g/mol. The third-order valence-corrected chi connectivity index (χ3v) is 5.26. The van der Waals surface area contributed by atoms with E-state index in [9.17, 15) is 14.7 Å². The lowest BCUT2D eigenvalue weighted by molar-refractivity contribution is -0.137. The number of carbonyl (C=O) groups is 2. The lowest BCUT2D eigenvalue weighted by Crippen LogP contribution is -2.37. The van der Waals surface area contributed by atoms with Crippen LogP contribution in [0.4, 0.5) is 0 Å². The molecule has 6 nitrogen and oxygen atoms in total. The maximum Gasteiger partial charge on any atom is 0.357 e. The molecular formula is C20H20N2O4S. The molecule has 1 amide bonds. The van der Waals surface area contributed by atoms with Gasteiger partial charge in [-0.2, -0.15) is 0 Å². The van der Waals surface area contributed by atoms with Crippen LogP contribution in [0.2, 0.25) is 0 Å². The predicted octanol–water partition coefficient (Wildman–Crippen LogP) is 2.24. The van der Waals surface area contributed by atoms with Crippen LogP contribution >= 0.6 is 11.3 Å². The summed E-state index contributed by atoms with van der Waals surface area (Å²) >= 11 is 1.35. The number of hydrogen-bond donors (Lipinski definition) is 1. The van der Waals surface area contributed by atoms with Gasteiger partial charge in [-0.3, -0.25) is 4.79 Å². The van der Waals surface area contributed by atoms with Gasteiger partial charge in [-0.05, 0) is 31.5 Å². The second kappa shape index (κ2) is 7.51. The van der Waals surface area contributed by atoms with Crippen LogP contribution in [-0.4, -0.2) is 52.7 Å². The Kier molecular flexibility index (Phi) is 5.31. The second-order valence-corrected chi connectivity index (χ2v) is 7.23. The van der Waals surface area contributed by atoms with Crippen molar-refractivity contribution in [3.8, 4) is 22.4 Å². The first-order chi connectivity index (χ1) is 12.8. The van der Waals surface area contributed by atoms with Crippen molar-refractivity contribution in [3.05, 3.63) is 40.4 Å². The number of aryl methyl sites for hydroxylation is 1. The highest BCUT2D eigenvalue weighted by Gasteiger charge is 2.42. The molecule has 2 aromatic rings. The molecular weight excluding hydrogens is 364 g/mol. The fourth-order valence-corrected chi connectivity index (χ4v) is 3.64. The third-order valence-electron chi connectivity index (χ3n) is 4.38. The van der Waals surface area contributed by atoms with Gasteiger partial charge in [-0.1, -0.05) is 17.9 Å². The molecule has 0 spiro atoms. The first kappa shape index (κ1) is 19.1. The van der Waals surface area contributed by atoms with Crippen LogP contribution in [0.25, 0.3) is 10.6 Å². The van der Waals surface area contributed by atoms with Crippen LogP contribution in [0.1, 0.15) is 35.0 Å². The zero-order valence-corrected chi connectivity index (χ0v) is 16.2. The van der Waals surface area contributed by atoms with Crippen molar-refractivity contribution in [2.75, 3.05) is 20.2 Å². The van der Waals surface area contributed by atoms with Crippen LogP contribution < -0.4 is 0 Å². The Balaban J connectivity index is 1.89. The van der Waals surface area contributed by atoms with E-state index in [0.717, 1.165) is 11.1 Å². The minimum absolute atomic E-state index is 0.279. The van der Waals surface area contributed by atoms with Crippen molar-refractivity contribution in [1.29, 1.82) is 0 Å². The maximum atomic E-state index is 12.0. The molecule has 0 bridgehead atoms. The molecule has 1 aliphatic rings. The van der Waals surface area contributed by atoms with E-state index in [1.807, 2.05) is 25.1 Å². The molecule has 27 heavy (non-hydrogen) atoms. The largest absolute Gasteiger partial charge is 0.461 e. The maximum absolute atomic E-state index is 12.0. The molecule has 0 unspecified atom stereocenters. The highest BCUT2D eigenvalue weighted by Crippen LogP contribution is 2.28. The molecule has 1 aromatic carbocycles. The zero-order valence-electron chi connectivity index (χ0n) is 15.4. The standard InChI is InChI=1S/C20H20N2O4S/c1-4-26-18(23)16-12-27-17(21-16)15-11-14(6-5-13(15)2)7-8-20(25)9-10-22(3)19(20)24/h5-6,11-12,25H,4,9-10H2,1-3H3/t20-/m0/s1. The molecule has 140 valence electrons. The summed E-state index contributed by atoms with van der Waals surface area (Å²) in [6.07, 6.45) is 0.295. The van der Waals surface area contributed by atoms with Gasteiger partial charge >= 0.3 is 5.97 Å². The van der Waals surface area contributed by atoms with Gasteiger partial charge in [0.05, 0.1) is 6.61 Å². The number of carbonyl (C=O) groups excluding carboxylic acids is 2. The van der Waals surface area contributed by atoms with Crippen LogP contribution in [-0.2, 0) is 9.53 Å². The second-order valence-electron chi connectivity index (χ2n) is 6.38. The molecule has 1 aromatic heterocycles. The number of ether oxygens (including phenoxy) is 1. The summed E-state index contributed by atoms with van der Waals surface area (Å²) < 4.78 is 4.98. The van der Waals surface area contributed by atoms with Crippen molar-refractivity contribution in [2.45, 2.75) is 25.9 Å². The van der Waals surface area contributed by atoms with Gasteiger partial charge in [-0.25, -0.2) is 9.78 Å². The third kappa shape index (κ3) is 3.87. The number of rotatable bonds is 3. The number of nitrogens with zero attached hydrogens (tertiary/aromatic N) is 2. The summed E-state index contributed by atoms with van der Waals surface area (Å²) in [7, 11) is 1.65. The Labute approximate surface area is 161 Å². The summed E-state index contributed by atoms with van der Waals surface area (Å²) in [4.78, 5) is 29.7. The van der Waals surface area contributed by atoms with E-state index in [4.69, 9.17) is 4.74 Å². The Bertz CT molecular complexity index is 956. The quantitative estimate of drug-likeness (QED) is 0.649. The number of likely N-dealkylation sites (tertiary alicyclic amines) is 1. The molecule has 1 N–H and O–H groups in total. The summed E-state index contributed by atoms with van der Waals surface area (Å²) in [5, 5.41) is 12.8. The number of esters is 1. The highest BCUT2D eigenvalue weighted by molar-refractivity contribution is 7.13. The van der Waals surface area contributed by atoms with E-state index < -0.39 is 11.6 Å². The molecule has 1 aliphatic heterocycles. The van der Waals surface area contributed by atoms with Crippen LogP contribution in [0, 0.1) is 18.8 Å². The Morgan fingerprint density at radius 1 is 1.48 bits per heavy atom. The van der Waals surface area contributed by atoms with E-state index in [1.54, 1.807) is 19.4 Å². The average molecular weight is 384 g/mol. The molecule has 0 radical (unpaired) electrons. The van der Waals surface area contributed by atoms with Gasteiger partial charge in [0, 0.05) is 36.5 Å². The van der Waals surface area contributed by atoms with Gasteiger partial charge in [0.25, 0.3) is 5.91 Å². The highest BCUT2D eigenvalue weighted by atomic mass is 32.1. The van der Waals surface area contributed by atoms with E-state index in [2.05, 4.69) is 16.8 Å². The van der Waals surface area contributed by atoms with Crippen molar-refractivity contribution in [3.63, 3.8) is 0 Å². The molecule has 2 heterocycles. The number of aliphatic hydroxyl groups is 1. The Hall–Kier alpha value is -2.69. The molecule has 1 saturated heterocycles. The van der Waals surface area contributed by atoms with E-state index in [1.165, 1.54) is 16.2 Å². The molecule has 0 saturated carbocycles. The lowest BCUT2D eigenvalue weighted by atomic mass is 10.0. The van der Waals surface area contributed by atoms with Gasteiger partial charge in [-0.15, -0.1) is 11.3 Å². The normalized spacial score (nSPS) is 19.0. The Morgan fingerprint density at radius 2 is 2.26 bits per heavy atom. The summed E-state index contributed by atoms with van der Waals surface area (Å²) in [6, 6.07) is 5.58. The Morgan fingerprint density at radius 3 is 2.93 bits per heavy atom. The summed E-state index contributed by atoms with van der Waals surface area (Å²) in [5.74, 6) is 4.80. The van der Waals surface area contributed by atoms with Gasteiger partial charge in [0.1, 0.15) is 5.01 Å². The lowest BCUT2D eigenvalue weighted by Gasteiger charge is -2.13. The molecule has 1 fully saturated rings. The summed E-state index contributed by atoms with van der Waals surface area (Å²) in [6.45, 7) is 4.48. The summed E-state index contributed by atoms with van der Waals surface area (Å²) in [5.41, 5.74) is 1.16. The molecule has 1 atom stereocenters. The first-order valence-corrected chi connectivity index (χ1v) is 9.47. The zero-order chi connectivity index (χ0) is 19.6. The fourth-order valence-electron chi connectivity index (χ4n) is 2.77. The van der Waals surface area contributed by atoms with Crippen molar-refractivity contribution >= 4 is 23.2 Å². The van der Waals surface area contributed by atoms with Gasteiger partial charge in [0.2, 0.25) is 5.60 Å². The predicted molar refractivity (Wildman–Crippen MR) is 102 cm³/mol.